The maximum absolute atomic E-state index is 10.8. The number of fused-ring (bicyclic) bond motifs is 1. The number of carboxylic acid groups (broad SMARTS) is 1. The Balaban J connectivity index is 2.84. The Morgan fingerprint density at radius 3 is 3.00 bits per heavy atom. The second-order valence-corrected chi connectivity index (χ2v) is 2.89. The van der Waals surface area contributed by atoms with Gasteiger partial charge in [0.25, 0.3) is 0 Å². The summed E-state index contributed by atoms with van der Waals surface area (Å²) in [5, 5.41) is 12.8. The number of hydrogen-bond acceptors (Lipinski definition) is 2. The Morgan fingerprint density at radius 1 is 1.54 bits per heavy atom. The fourth-order valence-electron chi connectivity index (χ4n) is 1.33. The Kier molecular flexibility index (Phi) is 1.55. The van der Waals surface area contributed by atoms with Crippen LogP contribution >= 0.6 is 0 Å². The van der Waals surface area contributed by atoms with E-state index in [2.05, 4.69) is 5.10 Å². The molecule has 0 aliphatic heterocycles. The zero-order valence-corrected chi connectivity index (χ0v) is 7.06. The molecule has 0 bridgehead atoms. The maximum atomic E-state index is 10.8. The Morgan fingerprint density at radius 2 is 2.31 bits per heavy atom. The van der Waals surface area contributed by atoms with Gasteiger partial charge in [0.2, 0.25) is 0 Å². The lowest BCUT2D eigenvalue weighted by molar-refractivity contribution is 0.0687. The van der Waals surface area contributed by atoms with Crippen LogP contribution in [0.4, 0.5) is 0 Å². The molecule has 2 heterocycles. The summed E-state index contributed by atoms with van der Waals surface area (Å²) in [6, 6.07) is 5.27. The summed E-state index contributed by atoms with van der Waals surface area (Å²) in [7, 11) is 0. The third-order valence-corrected chi connectivity index (χ3v) is 1.86. The van der Waals surface area contributed by atoms with E-state index in [0.29, 0.717) is 0 Å². The number of rotatable bonds is 1. The van der Waals surface area contributed by atoms with Crippen LogP contribution in [0.2, 0.25) is 0 Å². The van der Waals surface area contributed by atoms with Gasteiger partial charge in [0.1, 0.15) is 0 Å². The zero-order chi connectivity index (χ0) is 9.42. The molecule has 0 aliphatic rings. The van der Waals surface area contributed by atoms with Gasteiger partial charge in [0.15, 0.2) is 5.69 Å². The molecule has 0 unspecified atom stereocenters. The maximum Gasteiger partial charge on any atom is 0.354 e. The molecule has 4 nitrogen and oxygen atoms in total. The molecule has 0 saturated heterocycles. The summed E-state index contributed by atoms with van der Waals surface area (Å²) >= 11 is 0. The summed E-state index contributed by atoms with van der Waals surface area (Å²) in [6.45, 7) is 1.86. The number of nitrogens with zero attached hydrogens (tertiary/aromatic N) is 2. The minimum Gasteiger partial charge on any atom is -0.477 e. The number of carboxylic acids is 1. The summed E-state index contributed by atoms with van der Waals surface area (Å²) in [4.78, 5) is 10.8. The van der Waals surface area contributed by atoms with Crippen LogP contribution in [0.1, 0.15) is 16.1 Å². The van der Waals surface area contributed by atoms with Crippen molar-refractivity contribution in [2.24, 2.45) is 0 Å². The Bertz CT molecular complexity index is 473. The van der Waals surface area contributed by atoms with Crippen LogP contribution in [0.5, 0.6) is 0 Å². The fraction of sp³-hybridized carbons (Fsp3) is 0.111. The van der Waals surface area contributed by atoms with Crippen LogP contribution in [0.15, 0.2) is 24.4 Å². The van der Waals surface area contributed by atoms with E-state index in [1.54, 1.807) is 18.3 Å². The molecule has 0 saturated carbocycles. The second kappa shape index (κ2) is 2.58. The first-order valence-corrected chi connectivity index (χ1v) is 3.86. The minimum atomic E-state index is -0.961. The molecular weight excluding hydrogens is 168 g/mol. The quantitative estimate of drug-likeness (QED) is 0.713. The van der Waals surface area contributed by atoms with Gasteiger partial charge in [-0.1, -0.05) is 0 Å². The first kappa shape index (κ1) is 7.79. The van der Waals surface area contributed by atoms with Crippen molar-refractivity contribution in [1.82, 2.24) is 9.61 Å². The van der Waals surface area contributed by atoms with Crippen LogP contribution in [0, 0.1) is 6.92 Å². The first-order chi connectivity index (χ1) is 6.18. The van der Waals surface area contributed by atoms with E-state index in [0.717, 1.165) is 11.1 Å². The highest BCUT2D eigenvalue weighted by molar-refractivity contribution is 5.86. The Labute approximate surface area is 74.4 Å². The van der Waals surface area contributed by atoms with E-state index in [4.69, 9.17) is 5.11 Å². The first-order valence-electron chi connectivity index (χ1n) is 3.86. The van der Waals surface area contributed by atoms with Gasteiger partial charge in [-0.3, -0.25) is 0 Å². The third-order valence-electron chi connectivity index (χ3n) is 1.86. The average Bonchev–Trinajstić information content (AvgIpc) is 2.49. The SMILES string of the molecule is Cc1cc(C(=O)O)n2nccc2c1. The van der Waals surface area contributed by atoms with Crippen molar-refractivity contribution < 1.29 is 9.90 Å². The van der Waals surface area contributed by atoms with Crippen molar-refractivity contribution >= 4 is 11.5 Å². The van der Waals surface area contributed by atoms with Crippen LogP contribution < -0.4 is 0 Å². The standard InChI is InChI=1S/C9H8N2O2/c1-6-4-7-2-3-10-11(7)8(5-6)9(12)13/h2-5H,1H3,(H,12,13). The lowest BCUT2D eigenvalue weighted by Gasteiger charge is -2.00. The summed E-state index contributed by atoms with van der Waals surface area (Å²) in [5.41, 5.74) is 1.92. The fourth-order valence-corrected chi connectivity index (χ4v) is 1.33. The molecule has 0 atom stereocenters. The van der Waals surface area contributed by atoms with Gasteiger partial charge < -0.3 is 5.11 Å². The number of aromatic nitrogens is 2. The summed E-state index contributed by atoms with van der Waals surface area (Å²) in [6.07, 6.45) is 1.58. The van der Waals surface area contributed by atoms with Gasteiger partial charge in [-0.15, -0.1) is 0 Å². The molecular formula is C9H8N2O2. The number of pyridine rings is 1. The molecule has 0 amide bonds. The van der Waals surface area contributed by atoms with Gasteiger partial charge >= 0.3 is 5.97 Å². The monoisotopic (exact) mass is 176 g/mol. The molecule has 1 N–H and O–H groups in total. The van der Waals surface area contributed by atoms with Crippen LogP contribution in [-0.4, -0.2) is 20.7 Å². The number of aromatic carboxylic acids is 1. The van der Waals surface area contributed by atoms with Gasteiger partial charge in [0.05, 0.1) is 11.7 Å². The molecule has 0 spiro atoms. The van der Waals surface area contributed by atoms with E-state index in [9.17, 15) is 4.79 Å². The molecule has 66 valence electrons. The number of aryl methyl sites for hydroxylation is 1. The average molecular weight is 176 g/mol. The van der Waals surface area contributed by atoms with Crippen molar-refractivity contribution in [2.45, 2.75) is 6.92 Å². The van der Waals surface area contributed by atoms with Crippen molar-refractivity contribution in [1.29, 1.82) is 0 Å². The van der Waals surface area contributed by atoms with Crippen molar-refractivity contribution in [3.05, 3.63) is 35.7 Å². The van der Waals surface area contributed by atoms with Gasteiger partial charge in [-0.05, 0) is 30.7 Å². The second-order valence-electron chi connectivity index (χ2n) is 2.89. The van der Waals surface area contributed by atoms with E-state index in [-0.39, 0.29) is 5.69 Å². The molecule has 2 aromatic rings. The number of hydrogen-bond donors (Lipinski definition) is 1. The predicted octanol–water partition coefficient (Wildman–Crippen LogP) is 1.34. The lowest BCUT2D eigenvalue weighted by atomic mass is 10.2. The van der Waals surface area contributed by atoms with E-state index < -0.39 is 5.97 Å². The largest absolute Gasteiger partial charge is 0.477 e. The van der Waals surface area contributed by atoms with Gasteiger partial charge in [-0.2, -0.15) is 5.10 Å². The van der Waals surface area contributed by atoms with E-state index in [1.165, 1.54) is 4.52 Å². The highest BCUT2D eigenvalue weighted by atomic mass is 16.4. The minimum absolute atomic E-state index is 0.194. The molecule has 0 fully saturated rings. The van der Waals surface area contributed by atoms with Crippen LogP contribution in [0.25, 0.3) is 5.52 Å². The molecule has 0 aromatic carbocycles. The highest BCUT2D eigenvalue weighted by Gasteiger charge is 2.08. The summed E-state index contributed by atoms with van der Waals surface area (Å²) < 4.78 is 1.41. The smallest absolute Gasteiger partial charge is 0.354 e. The van der Waals surface area contributed by atoms with Gasteiger partial charge in [-0.25, -0.2) is 9.31 Å². The molecule has 2 aromatic heterocycles. The van der Waals surface area contributed by atoms with Crippen LogP contribution in [-0.2, 0) is 0 Å². The van der Waals surface area contributed by atoms with Crippen molar-refractivity contribution in [3.8, 4) is 0 Å². The predicted molar refractivity (Wildman–Crippen MR) is 46.9 cm³/mol. The molecule has 2 rings (SSSR count). The van der Waals surface area contributed by atoms with E-state index >= 15 is 0 Å². The molecule has 0 radical (unpaired) electrons. The number of carbonyl (C=O) groups is 1. The van der Waals surface area contributed by atoms with Crippen molar-refractivity contribution in [2.75, 3.05) is 0 Å². The lowest BCUT2D eigenvalue weighted by Crippen LogP contribution is -2.06. The zero-order valence-electron chi connectivity index (χ0n) is 7.06. The highest BCUT2D eigenvalue weighted by Crippen LogP contribution is 2.10. The third kappa shape index (κ3) is 1.16. The normalized spacial score (nSPS) is 10.5. The molecule has 0 aliphatic carbocycles. The molecule has 4 heteroatoms. The Hall–Kier alpha value is -1.84. The van der Waals surface area contributed by atoms with Crippen LogP contribution in [0.3, 0.4) is 0 Å². The van der Waals surface area contributed by atoms with Gasteiger partial charge in [0, 0.05) is 0 Å². The topological polar surface area (TPSA) is 54.6 Å². The van der Waals surface area contributed by atoms with E-state index in [1.807, 2.05) is 13.0 Å². The summed E-state index contributed by atoms with van der Waals surface area (Å²) in [5.74, 6) is -0.961. The molecule has 13 heavy (non-hydrogen) atoms. The van der Waals surface area contributed by atoms with Crippen molar-refractivity contribution in [3.63, 3.8) is 0 Å².